The van der Waals surface area contributed by atoms with Crippen molar-refractivity contribution in [1.82, 2.24) is 15.2 Å². The Hall–Kier alpha value is -1.41. The van der Waals surface area contributed by atoms with Gasteiger partial charge in [-0.1, -0.05) is 17.7 Å². The minimum atomic E-state index is -0.0101. The molecule has 1 atom stereocenters. The molecule has 1 unspecified atom stereocenters. The second-order valence-electron chi connectivity index (χ2n) is 5.65. The van der Waals surface area contributed by atoms with Gasteiger partial charge in [0.25, 0.3) is 0 Å². The molecule has 0 amide bonds. The number of nitrogens with zero attached hydrogens (tertiary/aromatic N) is 2. The predicted octanol–water partition coefficient (Wildman–Crippen LogP) is 3.82. The van der Waals surface area contributed by atoms with Crippen molar-refractivity contribution in [2.75, 3.05) is 13.1 Å². The smallest absolute Gasteiger partial charge is 0.191 e. The van der Waals surface area contributed by atoms with Crippen molar-refractivity contribution in [3.63, 3.8) is 0 Å². The van der Waals surface area contributed by atoms with E-state index in [4.69, 9.17) is 16.3 Å². The standard InChI is InChI=1S/C18H25ClN4O.HI/c1-4-20-18(22-12-15-8-9-23(3)13-15)21-11-14(2)24-17-7-5-6-16(19)10-17;/h5-10,13-14H,4,11-12H2,1-3H3,(H2,20,21,22);1H. The van der Waals surface area contributed by atoms with E-state index in [2.05, 4.69) is 27.9 Å². The summed E-state index contributed by atoms with van der Waals surface area (Å²) in [6.07, 6.45) is 4.08. The Morgan fingerprint density at radius 1 is 1.32 bits per heavy atom. The molecule has 0 aliphatic carbocycles. The summed E-state index contributed by atoms with van der Waals surface area (Å²) >= 11 is 5.97. The third-order valence-corrected chi connectivity index (χ3v) is 3.58. The number of nitrogens with one attached hydrogen (secondary N) is 2. The minimum absolute atomic E-state index is 0. The van der Waals surface area contributed by atoms with Crippen molar-refractivity contribution in [3.05, 3.63) is 53.3 Å². The first-order valence-electron chi connectivity index (χ1n) is 8.12. The number of benzene rings is 1. The SMILES string of the molecule is CCNC(=NCc1ccn(C)c1)NCC(C)Oc1cccc(Cl)c1.I. The van der Waals surface area contributed by atoms with Gasteiger partial charge in [-0.2, -0.15) is 0 Å². The van der Waals surface area contributed by atoms with Crippen LogP contribution < -0.4 is 15.4 Å². The molecule has 0 fully saturated rings. The lowest BCUT2D eigenvalue weighted by Crippen LogP contribution is -2.41. The highest BCUT2D eigenvalue weighted by atomic mass is 127. The first-order valence-corrected chi connectivity index (χ1v) is 8.50. The molecule has 7 heteroatoms. The quantitative estimate of drug-likeness (QED) is 0.363. The summed E-state index contributed by atoms with van der Waals surface area (Å²) in [6.45, 7) is 6.15. The van der Waals surface area contributed by atoms with E-state index in [0.717, 1.165) is 18.3 Å². The third-order valence-electron chi connectivity index (χ3n) is 3.35. The summed E-state index contributed by atoms with van der Waals surface area (Å²) in [5, 5.41) is 7.22. The van der Waals surface area contributed by atoms with Crippen LogP contribution in [0.2, 0.25) is 5.02 Å². The molecule has 138 valence electrons. The highest BCUT2D eigenvalue weighted by molar-refractivity contribution is 14.0. The van der Waals surface area contributed by atoms with Gasteiger partial charge in [0.1, 0.15) is 11.9 Å². The fourth-order valence-corrected chi connectivity index (χ4v) is 2.40. The molecular formula is C18H26ClIN4O. The molecule has 0 aliphatic heterocycles. The van der Waals surface area contributed by atoms with E-state index >= 15 is 0 Å². The lowest BCUT2D eigenvalue weighted by Gasteiger charge is -2.17. The van der Waals surface area contributed by atoms with Crippen LogP contribution in [0.5, 0.6) is 5.75 Å². The fraction of sp³-hybridized carbons (Fsp3) is 0.389. The summed E-state index contributed by atoms with van der Waals surface area (Å²) in [5.74, 6) is 1.55. The van der Waals surface area contributed by atoms with E-state index in [1.807, 2.05) is 55.9 Å². The molecule has 1 heterocycles. The highest BCUT2D eigenvalue weighted by Crippen LogP contribution is 2.18. The van der Waals surface area contributed by atoms with Gasteiger partial charge in [0, 0.05) is 31.0 Å². The van der Waals surface area contributed by atoms with E-state index in [9.17, 15) is 0 Å². The van der Waals surface area contributed by atoms with Crippen LogP contribution in [0.4, 0.5) is 0 Å². The molecule has 0 radical (unpaired) electrons. The maximum absolute atomic E-state index is 5.97. The topological polar surface area (TPSA) is 50.6 Å². The summed E-state index contributed by atoms with van der Waals surface area (Å²) in [4.78, 5) is 4.59. The molecule has 2 rings (SSSR count). The van der Waals surface area contributed by atoms with E-state index in [-0.39, 0.29) is 30.1 Å². The molecule has 25 heavy (non-hydrogen) atoms. The molecule has 2 N–H and O–H groups in total. The number of hydrogen-bond acceptors (Lipinski definition) is 2. The third kappa shape index (κ3) is 8.00. The zero-order valence-corrected chi connectivity index (χ0v) is 17.9. The minimum Gasteiger partial charge on any atom is -0.489 e. The van der Waals surface area contributed by atoms with Crippen LogP contribution in [0, 0.1) is 0 Å². The normalized spacial score (nSPS) is 12.2. The maximum Gasteiger partial charge on any atom is 0.191 e. The molecule has 1 aromatic heterocycles. The Bertz CT molecular complexity index is 675. The Labute approximate surface area is 171 Å². The average Bonchev–Trinajstić information content (AvgIpc) is 2.95. The highest BCUT2D eigenvalue weighted by Gasteiger charge is 2.06. The number of hydrogen-bond donors (Lipinski definition) is 2. The van der Waals surface area contributed by atoms with Crippen LogP contribution in [0.3, 0.4) is 0 Å². The average molecular weight is 477 g/mol. The second kappa shape index (κ2) is 11.3. The second-order valence-corrected chi connectivity index (χ2v) is 6.08. The van der Waals surface area contributed by atoms with Crippen LogP contribution in [0.1, 0.15) is 19.4 Å². The van der Waals surface area contributed by atoms with Gasteiger partial charge >= 0.3 is 0 Å². The molecule has 2 aromatic rings. The predicted molar refractivity (Wildman–Crippen MR) is 115 cm³/mol. The van der Waals surface area contributed by atoms with Gasteiger partial charge in [-0.25, -0.2) is 4.99 Å². The number of aryl methyl sites for hydroxylation is 1. The molecule has 5 nitrogen and oxygen atoms in total. The maximum atomic E-state index is 5.97. The number of aromatic nitrogens is 1. The molecule has 0 saturated heterocycles. The van der Waals surface area contributed by atoms with E-state index in [1.165, 1.54) is 5.56 Å². The molecule has 0 saturated carbocycles. The van der Waals surface area contributed by atoms with Crippen LogP contribution in [-0.2, 0) is 13.6 Å². The van der Waals surface area contributed by atoms with Crippen LogP contribution >= 0.6 is 35.6 Å². The lowest BCUT2D eigenvalue weighted by atomic mass is 10.3. The number of aliphatic imine (C=N–C) groups is 1. The number of rotatable bonds is 7. The van der Waals surface area contributed by atoms with E-state index < -0.39 is 0 Å². The van der Waals surface area contributed by atoms with E-state index in [0.29, 0.717) is 18.1 Å². The molecule has 0 spiro atoms. The summed E-state index contributed by atoms with van der Waals surface area (Å²) in [5.41, 5.74) is 1.18. The monoisotopic (exact) mass is 476 g/mol. The van der Waals surface area contributed by atoms with Crippen molar-refractivity contribution in [2.45, 2.75) is 26.5 Å². The Balaban J connectivity index is 0.00000312. The summed E-state index contributed by atoms with van der Waals surface area (Å²) < 4.78 is 7.88. The number of guanidine groups is 1. The van der Waals surface area contributed by atoms with Crippen LogP contribution in [0.15, 0.2) is 47.7 Å². The molecular weight excluding hydrogens is 451 g/mol. The Morgan fingerprint density at radius 3 is 2.76 bits per heavy atom. The fourth-order valence-electron chi connectivity index (χ4n) is 2.22. The Kier molecular flexibility index (Phi) is 9.74. The largest absolute Gasteiger partial charge is 0.489 e. The first-order chi connectivity index (χ1) is 11.6. The summed E-state index contributed by atoms with van der Waals surface area (Å²) in [6, 6.07) is 9.49. The zero-order valence-electron chi connectivity index (χ0n) is 14.8. The van der Waals surface area contributed by atoms with Gasteiger partial charge in [0.15, 0.2) is 5.96 Å². The van der Waals surface area contributed by atoms with Crippen molar-refractivity contribution < 1.29 is 4.74 Å². The van der Waals surface area contributed by atoms with Crippen LogP contribution in [-0.4, -0.2) is 29.7 Å². The van der Waals surface area contributed by atoms with Gasteiger partial charge < -0.3 is 19.9 Å². The molecule has 0 aliphatic rings. The van der Waals surface area contributed by atoms with Crippen molar-refractivity contribution >= 4 is 41.5 Å². The van der Waals surface area contributed by atoms with Crippen molar-refractivity contribution in [3.8, 4) is 5.75 Å². The van der Waals surface area contributed by atoms with Gasteiger partial charge in [0.2, 0.25) is 0 Å². The van der Waals surface area contributed by atoms with Gasteiger partial charge in [0.05, 0.1) is 13.1 Å². The first kappa shape index (κ1) is 21.6. The van der Waals surface area contributed by atoms with Gasteiger partial charge in [-0.05, 0) is 43.7 Å². The number of ether oxygens (including phenoxy) is 1. The lowest BCUT2D eigenvalue weighted by molar-refractivity contribution is 0.224. The Morgan fingerprint density at radius 2 is 2.12 bits per heavy atom. The van der Waals surface area contributed by atoms with Crippen LogP contribution in [0.25, 0.3) is 0 Å². The van der Waals surface area contributed by atoms with Crippen molar-refractivity contribution in [1.29, 1.82) is 0 Å². The van der Waals surface area contributed by atoms with Gasteiger partial charge in [-0.15, -0.1) is 24.0 Å². The molecule has 1 aromatic carbocycles. The number of halogens is 2. The summed E-state index contributed by atoms with van der Waals surface area (Å²) in [7, 11) is 2.01. The zero-order chi connectivity index (χ0) is 17.4. The van der Waals surface area contributed by atoms with E-state index in [1.54, 1.807) is 0 Å². The van der Waals surface area contributed by atoms with Gasteiger partial charge in [-0.3, -0.25) is 0 Å². The molecule has 0 bridgehead atoms. The van der Waals surface area contributed by atoms with Crippen molar-refractivity contribution in [2.24, 2.45) is 12.0 Å².